The third-order valence-corrected chi connectivity index (χ3v) is 7.37. The Bertz CT molecular complexity index is 1220. The molecule has 3 aromatic carbocycles. The van der Waals surface area contributed by atoms with Crippen LogP contribution in [0.25, 0.3) is 0 Å². The number of rotatable bonds is 2. The van der Waals surface area contributed by atoms with Crippen LogP contribution in [0.15, 0.2) is 72.8 Å². The molecule has 1 saturated heterocycles. The van der Waals surface area contributed by atoms with Crippen LogP contribution in [-0.2, 0) is 15.0 Å². The second kappa shape index (κ2) is 6.03. The van der Waals surface area contributed by atoms with E-state index in [2.05, 4.69) is 12.1 Å². The van der Waals surface area contributed by atoms with Crippen LogP contribution in [0.5, 0.6) is 0 Å². The molecule has 6 heteroatoms. The molecule has 1 heterocycles. The fourth-order valence-electron chi connectivity index (χ4n) is 6.20. The predicted molar refractivity (Wildman–Crippen MR) is 115 cm³/mol. The molecule has 0 saturated carbocycles. The first-order valence-corrected chi connectivity index (χ1v) is 10.3. The standard InChI is InChI=1S/C25H19N2O4/c1-25-16-10-4-2-8-14(16)20(15-9-3-5-11-17(15)25)21-22(25)24(29)26(23(21)28)18-12-6-7-13-19(18)27(30)31/h2-13,20-22,30H,1H3/q-1/t20?,21-,22+,25?/m0/s1. The average Bonchev–Trinajstić information content (AvgIpc) is 3.05. The van der Waals surface area contributed by atoms with Gasteiger partial charge in [0.2, 0.25) is 11.8 Å². The molecule has 2 atom stereocenters. The molecule has 1 fully saturated rings. The van der Waals surface area contributed by atoms with Crippen molar-refractivity contribution in [2.45, 2.75) is 18.3 Å². The SMILES string of the molecule is CC12c3ccccc3C(c3ccccc31)[C@@H]1C(=O)N(c3ccccc3N([O-])O)C(=O)[C@@H]12. The zero-order chi connectivity index (χ0) is 21.5. The Morgan fingerprint density at radius 1 is 0.871 bits per heavy atom. The van der Waals surface area contributed by atoms with E-state index in [9.17, 15) is 20.0 Å². The van der Waals surface area contributed by atoms with Crippen molar-refractivity contribution >= 4 is 23.2 Å². The van der Waals surface area contributed by atoms with Gasteiger partial charge in [-0.15, -0.1) is 0 Å². The third kappa shape index (κ3) is 2.08. The van der Waals surface area contributed by atoms with E-state index in [0.717, 1.165) is 27.2 Å². The van der Waals surface area contributed by atoms with Crippen LogP contribution in [-0.4, -0.2) is 17.0 Å². The molecular weight excluding hydrogens is 392 g/mol. The summed E-state index contributed by atoms with van der Waals surface area (Å²) in [5.74, 6) is -2.04. The highest BCUT2D eigenvalue weighted by Gasteiger charge is 2.66. The van der Waals surface area contributed by atoms with Gasteiger partial charge in [0.15, 0.2) is 0 Å². The summed E-state index contributed by atoms with van der Waals surface area (Å²) < 4.78 is 0. The molecule has 3 aliphatic carbocycles. The number of carbonyl (C=O) groups excluding carboxylic acids is 2. The van der Waals surface area contributed by atoms with Crippen LogP contribution >= 0.6 is 0 Å². The summed E-state index contributed by atoms with van der Waals surface area (Å²) in [6.07, 6.45) is 0. The van der Waals surface area contributed by atoms with E-state index in [1.807, 2.05) is 43.3 Å². The molecule has 6 nitrogen and oxygen atoms in total. The van der Waals surface area contributed by atoms with Crippen LogP contribution in [0.1, 0.15) is 35.1 Å². The maximum atomic E-state index is 13.8. The molecule has 0 radical (unpaired) electrons. The summed E-state index contributed by atoms with van der Waals surface area (Å²) >= 11 is 0. The highest BCUT2D eigenvalue weighted by Crippen LogP contribution is 2.64. The first-order chi connectivity index (χ1) is 15.0. The predicted octanol–water partition coefficient (Wildman–Crippen LogP) is 3.95. The van der Waals surface area contributed by atoms with Crippen molar-refractivity contribution in [3.8, 4) is 0 Å². The maximum absolute atomic E-state index is 13.8. The van der Waals surface area contributed by atoms with Gasteiger partial charge in [-0.2, -0.15) is 0 Å². The minimum atomic E-state index is -0.667. The van der Waals surface area contributed by atoms with E-state index in [0.29, 0.717) is 0 Å². The Kier molecular flexibility index (Phi) is 3.56. The molecule has 4 aliphatic rings. The quantitative estimate of drug-likeness (QED) is 0.510. The summed E-state index contributed by atoms with van der Waals surface area (Å²) in [5, 5.41) is 21.0. The van der Waals surface area contributed by atoms with E-state index >= 15 is 0 Å². The number of carbonyl (C=O) groups is 2. The highest BCUT2D eigenvalue weighted by atomic mass is 16.8. The molecule has 31 heavy (non-hydrogen) atoms. The van der Waals surface area contributed by atoms with Gasteiger partial charge in [-0.1, -0.05) is 67.6 Å². The molecule has 0 unspecified atom stereocenters. The highest BCUT2D eigenvalue weighted by molar-refractivity contribution is 6.25. The zero-order valence-electron chi connectivity index (χ0n) is 16.7. The lowest BCUT2D eigenvalue weighted by Crippen LogP contribution is -2.51. The summed E-state index contributed by atoms with van der Waals surface area (Å²) in [4.78, 5) is 28.7. The summed E-state index contributed by atoms with van der Waals surface area (Å²) in [6.45, 7) is 2.05. The average molecular weight is 411 g/mol. The van der Waals surface area contributed by atoms with Gasteiger partial charge in [0.05, 0.1) is 23.2 Å². The van der Waals surface area contributed by atoms with Gasteiger partial charge >= 0.3 is 0 Å². The smallest absolute Gasteiger partial charge is 0.239 e. The van der Waals surface area contributed by atoms with Crippen LogP contribution in [0.2, 0.25) is 0 Å². The lowest BCUT2D eigenvalue weighted by atomic mass is 9.48. The minimum absolute atomic E-state index is 0.112. The number of nitrogens with zero attached hydrogens (tertiary/aromatic N) is 2. The van der Waals surface area contributed by atoms with E-state index in [-0.39, 0.29) is 34.3 Å². The Morgan fingerprint density at radius 3 is 2.03 bits per heavy atom. The first kappa shape index (κ1) is 18.3. The number of para-hydroxylation sites is 2. The number of anilines is 2. The van der Waals surface area contributed by atoms with E-state index in [4.69, 9.17) is 0 Å². The normalized spacial score (nSPS) is 27.7. The monoisotopic (exact) mass is 411 g/mol. The number of benzene rings is 3. The largest absolute Gasteiger partial charge is 0.733 e. The fourth-order valence-corrected chi connectivity index (χ4v) is 6.20. The van der Waals surface area contributed by atoms with E-state index < -0.39 is 17.3 Å². The maximum Gasteiger partial charge on any atom is 0.239 e. The van der Waals surface area contributed by atoms with Crippen molar-refractivity contribution in [2.75, 3.05) is 10.1 Å². The second-order valence-corrected chi connectivity index (χ2v) is 8.63. The summed E-state index contributed by atoms with van der Waals surface area (Å²) in [5.41, 5.74) is 3.62. The molecule has 0 aromatic heterocycles. The van der Waals surface area contributed by atoms with E-state index in [1.54, 1.807) is 12.1 Å². The topological polar surface area (TPSA) is 83.9 Å². The van der Waals surface area contributed by atoms with Gasteiger partial charge in [0, 0.05) is 11.3 Å². The van der Waals surface area contributed by atoms with Crippen LogP contribution in [0.3, 0.4) is 0 Å². The van der Waals surface area contributed by atoms with Crippen molar-refractivity contribution < 1.29 is 14.8 Å². The molecule has 7 rings (SSSR count). The molecular formula is C25H19N2O4-. The molecule has 3 aromatic rings. The molecule has 154 valence electrons. The van der Waals surface area contributed by atoms with Gasteiger partial charge in [-0.25, -0.2) is 4.90 Å². The lowest BCUT2D eigenvalue weighted by molar-refractivity contribution is -0.123. The van der Waals surface area contributed by atoms with Gasteiger partial charge < -0.3 is 10.4 Å². The van der Waals surface area contributed by atoms with Crippen molar-refractivity contribution in [3.05, 3.63) is 100 Å². The second-order valence-electron chi connectivity index (χ2n) is 8.63. The number of imide groups is 1. The molecule has 2 amide bonds. The minimum Gasteiger partial charge on any atom is -0.733 e. The summed E-state index contributed by atoms with van der Waals surface area (Å²) in [6, 6.07) is 22.2. The fraction of sp³-hybridized carbons (Fsp3) is 0.200. The Labute approximate surface area is 178 Å². The number of hydrogen-bond acceptors (Lipinski definition) is 5. The zero-order valence-corrected chi connectivity index (χ0v) is 16.7. The molecule has 2 bridgehead atoms. The van der Waals surface area contributed by atoms with Crippen molar-refractivity contribution in [1.29, 1.82) is 0 Å². The van der Waals surface area contributed by atoms with Crippen LogP contribution in [0.4, 0.5) is 11.4 Å². The van der Waals surface area contributed by atoms with Gasteiger partial charge in [-0.3, -0.25) is 14.8 Å². The number of amides is 2. The van der Waals surface area contributed by atoms with Crippen LogP contribution < -0.4 is 10.1 Å². The van der Waals surface area contributed by atoms with Gasteiger partial charge in [0.25, 0.3) is 0 Å². The Hall–Kier alpha value is -3.48. The first-order valence-electron chi connectivity index (χ1n) is 10.3. The molecule has 1 N–H and O–H groups in total. The van der Waals surface area contributed by atoms with E-state index in [1.165, 1.54) is 12.1 Å². The van der Waals surface area contributed by atoms with Crippen molar-refractivity contribution in [2.24, 2.45) is 11.8 Å². The van der Waals surface area contributed by atoms with Crippen LogP contribution in [0, 0.1) is 17.0 Å². The van der Waals surface area contributed by atoms with Gasteiger partial charge in [0.1, 0.15) is 0 Å². The summed E-state index contributed by atoms with van der Waals surface area (Å²) in [7, 11) is 0. The molecule has 1 aliphatic heterocycles. The van der Waals surface area contributed by atoms with Crippen molar-refractivity contribution in [3.63, 3.8) is 0 Å². The Morgan fingerprint density at radius 2 is 1.42 bits per heavy atom. The van der Waals surface area contributed by atoms with Crippen molar-refractivity contribution in [1.82, 2.24) is 0 Å². The molecule has 0 spiro atoms. The third-order valence-electron chi connectivity index (χ3n) is 7.37. The van der Waals surface area contributed by atoms with Gasteiger partial charge in [-0.05, 0) is 34.4 Å². The lowest BCUT2D eigenvalue weighted by Gasteiger charge is -2.52. The Balaban J connectivity index is 1.61. The number of hydrogen-bond donors (Lipinski definition) is 1.